The number of hydrogen-bond acceptors (Lipinski definition) is 4. The second kappa shape index (κ2) is 6.68. The summed E-state index contributed by atoms with van der Waals surface area (Å²) < 4.78 is 4.70. The molecule has 0 radical (unpaired) electrons. The number of anilines is 1. The Balaban J connectivity index is 2.12. The molecule has 0 saturated heterocycles. The van der Waals surface area contributed by atoms with E-state index in [9.17, 15) is 4.79 Å². The number of carbonyl (C=O) groups is 1. The fraction of sp³-hybridized carbons (Fsp3) is 0.133. The summed E-state index contributed by atoms with van der Waals surface area (Å²) in [6, 6.07) is 12.8. The van der Waals surface area contributed by atoms with Crippen LogP contribution in [0, 0.1) is 0 Å². The van der Waals surface area contributed by atoms with Crippen molar-refractivity contribution in [1.29, 1.82) is 0 Å². The summed E-state index contributed by atoms with van der Waals surface area (Å²) in [6.45, 7) is 0. The quantitative estimate of drug-likeness (QED) is 0.527. The van der Waals surface area contributed by atoms with Gasteiger partial charge < -0.3 is 10.5 Å². The zero-order valence-corrected chi connectivity index (χ0v) is 12.5. The topological polar surface area (TPSA) is 52.3 Å². The third-order valence-electron chi connectivity index (χ3n) is 2.74. The summed E-state index contributed by atoms with van der Waals surface area (Å²) >= 11 is 7.42. The van der Waals surface area contributed by atoms with Crippen LogP contribution < -0.4 is 5.73 Å². The number of carbonyl (C=O) groups excluding carboxylic acids is 1. The van der Waals surface area contributed by atoms with Gasteiger partial charge in [0.05, 0.1) is 12.7 Å². The fourth-order valence-electron chi connectivity index (χ4n) is 1.65. The number of nitrogens with two attached hydrogens (primary N) is 1. The van der Waals surface area contributed by atoms with E-state index < -0.39 is 0 Å². The molecule has 0 fully saturated rings. The number of methoxy groups -OCH3 is 1. The van der Waals surface area contributed by atoms with E-state index >= 15 is 0 Å². The minimum absolute atomic E-state index is 0.363. The van der Waals surface area contributed by atoms with Crippen molar-refractivity contribution < 1.29 is 9.53 Å². The maximum atomic E-state index is 11.5. The van der Waals surface area contributed by atoms with Crippen molar-refractivity contribution >= 4 is 35.0 Å². The first-order valence-corrected chi connectivity index (χ1v) is 7.31. The maximum Gasteiger partial charge on any atom is 0.337 e. The molecule has 2 aromatic rings. The first kappa shape index (κ1) is 14.8. The van der Waals surface area contributed by atoms with Crippen LogP contribution in [0.25, 0.3) is 0 Å². The van der Waals surface area contributed by atoms with E-state index in [2.05, 4.69) is 0 Å². The minimum Gasteiger partial charge on any atom is -0.465 e. The number of nitrogen functional groups attached to an aromatic ring is 1. The molecule has 0 aliphatic carbocycles. The zero-order chi connectivity index (χ0) is 14.5. The normalized spacial score (nSPS) is 10.3. The summed E-state index contributed by atoms with van der Waals surface area (Å²) in [7, 11) is 1.36. The molecule has 0 spiro atoms. The van der Waals surface area contributed by atoms with E-state index in [0.29, 0.717) is 16.3 Å². The SMILES string of the molecule is COC(=O)c1ccc(N)c(SCc2ccc(Cl)cc2)c1. The number of ether oxygens (including phenoxy) is 1. The Kier molecular flexibility index (Phi) is 4.93. The van der Waals surface area contributed by atoms with Crippen LogP contribution in [0.1, 0.15) is 15.9 Å². The molecule has 5 heteroatoms. The highest BCUT2D eigenvalue weighted by Gasteiger charge is 2.09. The van der Waals surface area contributed by atoms with Crippen molar-refractivity contribution in [1.82, 2.24) is 0 Å². The Labute approximate surface area is 127 Å². The minimum atomic E-state index is -0.363. The molecule has 2 aromatic carbocycles. The van der Waals surface area contributed by atoms with Crippen LogP contribution in [0.3, 0.4) is 0 Å². The first-order chi connectivity index (χ1) is 9.60. The van der Waals surface area contributed by atoms with Crippen molar-refractivity contribution in [2.75, 3.05) is 12.8 Å². The second-order valence-electron chi connectivity index (χ2n) is 4.16. The van der Waals surface area contributed by atoms with E-state index in [1.165, 1.54) is 7.11 Å². The highest BCUT2D eigenvalue weighted by molar-refractivity contribution is 7.98. The van der Waals surface area contributed by atoms with Gasteiger partial charge in [-0.15, -0.1) is 11.8 Å². The average molecular weight is 308 g/mol. The van der Waals surface area contributed by atoms with Crippen LogP contribution in [0.15, 0.2) is 47.4 Å². The Hall–Kier alpha value is -1.65. The molecule has 0 amide bonds. The third-order valence-corrected chi connectivity index (χ3v) is 4.14. The lowest BCUT2D eigenvalue weighted by molar-refractivity contribution is 0.0600. The van der Waals surface area contributed by atoms with Crippen LogP contribution in [0.2, 0.25) is 5.02 Å². The van der Waals surface area contributed by atoms with Gasteiger partial charge in [0, 0.05) is 21.4 Å². The smallest absolute Gasteiger partial charge is 0.337 e. The standard InChI is InChI=1S/C15H14ClNO2S/c1-19-15(18)11-4-7-13(17)14(8-11)20-9-10-2-5-12(16)6-3-10/h2-8H,9,17H2,1H3. The number of rotatable bonds is 4. The van der Waals surface area contributed by atoms with Gasteiger partial charge in [0.2, 0.25) is 0 Å². The number of thioether (sulfide) groups is 1. The van der Waals surface area contributed by atoms with Crippen LogP contribution in [0.5, 0.6) is 0 Å². The summed E-state index contributed by atoms with van der Waals surface area (Å²) in [5.74, 6) is 0.393. The Bertz CT molecular complexity index is 614. The molecule has 3 nitrogen and oxygen atoms in total. The molecule has 0 aliphatic heterocycles. The molecule has 0 bridgehead atoms. The molecule has 0 atom stereocenters. The highest BCUT2D eigenvalue weighted by atomic mass is 35.5. The molecule has 2 rings (SSSR count). The van der Waals surface area contributed by atoms with Crippen LogP contribution in [-0.2, 0) is 10.5 Å². The largest absolute Gasteiger partial charge is 0.465 e. The lowest BCUT2D eigenvalue weighted by atomic mass is 10.2. The van der Waals surface area contributed by atoms with Gasteiger partial charge in [0.25, 0.3) is 0 Å². The van der Waals surface area contributed by atoms with Crippen molar-refractivity contribution in [2.45, 2.75) is 10.6 Å². The molecule has 0 unspecified atom stereocenters. The van der Waals surface area contributed by atoms with Crippen molar-refractivity contribution in [3.8, 4) is 0 Å². The van der Waals surface area contributed by atoms with E-state index in [1.807, 2.05) is 24.3 Å². The lowest BCUT2D eigenvalue weighted by Gasteiger charge is -2.08. The molecule has 0 saturated carbocycles. The summed E-state index contributed by atoms with van der Waals surface area (Å²) in [5.41, 5.74) is 8.22. The predicted molar refractivity (Wildman–Crippen MR) is 83.2 cm³/mol. The number of esters is 1. The van der Waals surface area contributed by atoms with Gasteiger partial charge in [-0.2, -0.15) is 0 Å². The van der Waals surface area contributed by atoms with E-state index in [4.69, 9.17) is 22.1 Å². The van der Waals surface area contributed by atoms with Gasteiger partial charge >= 0.3 is 5.97 Å². The lowest BCUT2D eigenvalue weighted by Crippen LogP contribution is -2.02. The number of benzene rings is 2. The third kappa shape index (κ3) is 3.68. The Morgan fingerprint density at radius 2 is 1.95 bits per heavy atom. The van der Waals surface area contributed by atoms with E-state index in [-0.39, 0.29) is 5.97 Å². The van der Waals surface area contributed by atoms with Gasteiger partial charge in [-0.05, 0) is 35.9 Å². The molecule has 20 heavy (non-hydrogen) atoms. The van der Waals surface area contributed by atoms with Gasteiger partial charge in [0.1, 0.15) is 0 Å². The summed E-state index contributed by atoms with van der Waals surface area (Å²) in [5, 5.41) is 0.714. The van der Waals surface area contributed by atoms with Crippen molar-refractivity contribution in [3.05, 3.63) is 58.6 Å². The van der Waals surface area contributed by atoms with Crippen molar-refractivity contribution in [2.24, 2.45) is 0 Å². The summed E-state index contributed by atoms with van der Waals surface area (Å²) in [6.07, 6.45) is 0. The Morgan fingerprint density at radius 1 is 1.25 bits per heavy atom. The average Bonchev–Trinajstić information content (AvgIpc) is 2.47. The van der Waals surface area contributed by atoms with Crippen molar-refractivity contribution in [3.63, 3.8) is 0 Å². The maximum absolute atomic E-state index is 11.5. The molecule has 0 heterocycles. The monoisotopic (exact) mass is 307 g/mol. The zero-order valence-electron chi connectivity index (χ0n) is 10.9. The number of hydrogen-bond donors (Lipinski definition) is 1. The number of halogens is 1. The van der Waals surface area contributed by atoms with Gasteiger partial charge in [0.15, 0.2) is 0 Å². The predicted octanol–water partition coefficient (Wildman–Crippen LogP) is 4.00. The van der Waals surface area contributed by atoms with Crippen LogP contribution in [-0.4, -0.2) is 13.1 Å². The van der Waals surface area contributed by atoms with Crippen LogP contribution in [0.4, 0.5) is 5.69 Å². The van der Waals surface area contributed by atoms with E-state index in [1.54, 1.807) is 30.0 Å². The molecular formula is C15H14ClNO2S. The molecule has 0 aliphatic rings. The van der Waals surface area contributed by atoms with Gasteiger partial charge in [-0.3, -0.25) is 0 Å². The van der Waals surface area contributed by atoms with E-state index in [0.717, 1.165) is 16.2 Å². The highest BCUT2D eigenvalue weighted by Crippen LogP contribution is 2.29. The molecule has 104 valence electrons. The van der Waals surface area contributed by atoms with Gasteiger partial charge in [-0.1, -0.05) is 23.7 Å². The second-order valence-corrected chi connectivity index (χ2v) is 5.61. The fourth-order valence-corrected chi connectivity index (χ4v) is 2.73. The molecule has 0 aromatic heterocycles. The van der Waals surface area contributed by atoms with Crippen LogP contribution >= 0.6 is 23.4 Å². The van der Waals surface area contributed by atoms with Gasteiger partial charge in [-0.25, -0.2) is 4.79 Å². The Morgan fingerprint density at radius 3 is 2.60 bits per heavy atom. The summed E-state index contributed by atoms with van der Waals surface area (Å²) in [4.78, 5) is 12.4. The first-order valence-electron chi connectivity index (χ1n) is 5.95. The molecule has 2 N–H and O–H groups in total. The molecular weight excluding hydrogens is 294 g/mol.